The fourth-order valence-electron chi connectivity index (χ4n) is 4.81. The van der Waals surface area contributed by atoms with E-state index in [1.165, 1.54) is 19.3 Å². The number of carbonyl (C=O) groups is 1. The number of rotatable bonds is 10. The van der Waals surface area contributed by atoms with Crippen molar-refractivity contribution in [3.05, 3.63) is 65.7 Å². The zero-order valence-electron chi connectivity index (χ0n) is 20.9. The molecule has 0 aliphatic heterocycles. The summed E-state index contributed by atoms with van der Waals surface area (Å²) < 4.78 is 16.8. The SMILES string of the molecule is COCCN(Cc1c(-c2ccccc2)noc1N(C)C1CCCCC1)C(=O)c1ccccc1OC. The first-order valence-electron chi connectivity index (χ1n) is 12.3. The van der Waals surface area contributed by atoms with Gasteiger partial charge in [0.05, 0.1) is 31.4 Å². The zero-order chi connectivity index (χ0) is 24.6. The Morgan fingerprint density at radius 3 is 2.46 bits per heavy atom. The lowest BCUT2D eigenvalue weighted by molar-refractivity contribution is 0.0677. The number of ether oxygens (including phenoxy) is 2. The highest BCUT2D eigenvalue weighted by molar-refractivity contribution is 5.97. The average molecular weight is 478 g/mol. The molecule has 1 aliphatic rings. The van der Waals surface area contributed by atoms with Gasteiger partial charge in [0.1, 0.15) is 11.4 Å². The summed E-state index contributed by atoms with van der Waals surface area (Å²) in [6.07, 6.45) is 5.98. The van der Waals surface area contributed by atoms with Crippen molar-refractivity contribution in [2.24, 2.45) is 0 Å². The van der Waals surface area contributed by atoms with E-state index in [9.17, 15) is 4.79 Å². The number of carbonyl (C=O) groups excluding carboxylic acids is 1. The summed E-state index contributed by atoms with van der Waals surface area (Å²) in [6, 6.07) is 17.7. The van der Waals surface area contributed by atoms with E-state index in [1.807, 2.05) is 42.5 Å². The number of para-hydroxylation sites is 1. The quantitative estimate of drug-likeness (QED) is 0.389. The molecule has 1 fully saturated rings. The summed E-state index contributed by atoms with van der Waals surface area (Å²) in [5, 5.41) is 4.49. The molecule has 186 valence electrons. The molecule has 0 atom stereocenters. The lowest BCUT2D eigenvalue weighted by atomic mass is 9.94. The van der Waals surface area contributed by atoms with Crippen molar-refractivity contribution < 1.29 is 18.8 Å². The van der Waals surface area contributed by atoms with E-state index in [0.29, 0.717) is 37.1 Å². The van der Waals surface area contributed by atoms with E-state index in [-0.39, 0.29) is 5.91 Å². The highest BCUT2D eigenvalue weighted by Gasteiger charge is 2.29. The summed E-state index contributed by atoms with van der Waals surface area (Å²) >= 11 is 0. The Morgan fingerprint density at radius 2 is 1.74 bits per heavy atom. The highest BCUT2D eigenvalue weighted by Crippen LogP contribution is 2.35. The molecule has 2 aromatic carbocycles. The van der Waals surface area contributed by atoms with Gasteiger partial charge in [-0.3, -0.25) is 4.79 Å². The minimum atomic E-state index is -0.119. The van der Waals surface area contributed by atoms with E-state index < -0.39 is 0 Å². The molecule has 0 bridgehead atoms. The Hall–Kier alpha value is -3.32. The van der Waals surface area contributed by atoms with Gasteiger partial charge in [0, 0.05) is 32.3 Å². The molecule has 1 aromatic heterocycles. The fraction of sp³-hybridized carbons (Fsp3) is 0.429. The first kappa shape index (κ1) is 24.8. The fourth-order valence-corrected chi connectivity index (χ4v) is 4.81. The Morgan fingerprint density at radius 1 is 1.03 bits per heavy atom. The van der Waals surface area contributed by atoms with E-state index in [1.54, 1.807) is 31.3 Å². The second-order valence-electron chi connectivity index (χ2n) is 9.00. The van der Waals surface area contributed by atoms with Crippen molar-refractivity contribution in [3.8, 4) is 17.0 Å². The van der Waals surface area contributed by atoms with Gasteiger partial charge >= 0.3 is 0 Å². The summed E-state index contributed by atoms with van der Waals surface area (Å²) in [4.78, 5) is 17.7. The van der Waals surface area contributed by atoms with Crippen LogP contribution in [-0.2, 0) is 11.3 Å². The molecule has 0 unspecified atom stereocenters. The second-order valence-corrected chi connectivity index (χ2v) is 9.00. The number of anilines is 1. The van der Waals surface area contributed by atoms with Gasteiger partial charge in [0.2, 0.25) is 5.88 Å². The number of methoxy groups -OCH3 is 2. The molecule has 0 spiro atoms. The third-order valence-electron chi connectivity index (χ3n) is 6.80. The predicted octanol–water partition coefficient (Wildman–Crippen LogP) is 5.41. The van der Waals surface area contributed by atoms with Gasteiger partial charge in [-0.15, -0.1) is 0 Å². The third-order valence-corrected chi connectivity index (χ3v) is 6.80. The van der Waals surface area contributed by atoms with Gasteiger partial charge in [-0.1, -0.05) is 66.9 Å². The number of hydrogen-bond donors (Lipinski definition) is 0. The van der Waals surface area contributed by atoms with Crippen LogP contribution in [0.4, 0.5) is 5.88 Å². The van der Waals surface area contributed by atoms with Crippen molar-refractivity contribution in [3.63, 3.8) is 0 Å². The summed E-state index contributed by atoms with van der Waals surface area (Å²) in [7, 11) is 5.30. The van der Waals surface area contributed by atoms with E-state index >= 15 is 0 Å². The number of nitrogens with zero attached hydrogens (tertiary/aromatic N) is 3. The van der Waals surface area contributed by atoms with Crippen LogP contribution in [0.3, 0.4) is 0 Å². The van der Waals surface area contributed by atoms with Gasteiger partial charge in [-0.25, -0.2) is 0 Å². The molecule has 1 heterocycles. The van der Waals surface area contributed by atoms with Crippen LogP contribution >= 0.6 is 0 Å². The molecule has 7 heteroatoms. The van der Waals surface area contributed by atoms with Gasteiger partial charge < -0.3 is 23.8 Å². The molecule has 0 radical (unpaired) electrons. The number of hydrogen-bond acceptors (Lipinski definition) is 6. The molecular weight excluding hydrogens is 442 g/mol. The van der Waals surface area contributed by atoms with Crippen molar-refractivity contribution in [1.29, 1.82) is 0 Å². The average Bonchev–Trinajstić information content (AvgIpc) is 3.34. The van der Waals surface area contributed by atoms with Crippen LogP contribution in [0.1, 0.15) is 48.0 Å². The number of benzene rings is 2. The molecule has 1 aliphatic carbocycles. The highest BCUT2D eigenvalue weighted by atomic mass is 16.5. The van der Waals surface area contributed by atoms with Crippen LogP contribution in [0.5, 0.6) is 5.75 Å². The van der Waals surface area contributed by atoms with Crippen LogP contribution < -0.4 is 9.64 Å². The second kappa shape index (κ2) is 11.9. The van der Waals surface area contributed by atoms with Crippen molar-refractivity contribution in [2.45, 2.75) is 44.7 Å². The molecule has 1 amide bonds. The number of aromatic nitrogens is 1. The molecule has 3 aromatic rings. The van der Waals surface area contributed by atoms with Gasteiger partial charge in [0.25, 0.3) is 5.91 Å². The molecule has 4 rings (SSSR count). The minimum Gasteiger partial charge on any atom is -0.496 e. The van der Waals surface area contributed by atoms with Crippen LogP contribution in [0.15, 0.2) is 59.1 Å². The standard InChI is InChI=1S/C28H35N3O4/c1-30(22-14-8-5-9-15-22)28-24(26(29-35-28)21-12-6-4-7-13-21)20-31(18-19-33-2)27(32)23-16-10-11-17-25(23)34-3/h4,6-7,10-13,16-17,22H,5,8-9,14-15,18-20H2,1-3H3. The maximum Gasteiger partial charge on any atom is 0.258 e. The van der Waals surface area contributed by atoms with Crippen molar-refractivity contribution in [2.75, 3.05) is 39.3 Å². The smallest absolute Gasteiger partial charge is 0.258 e. The van der Waals surface area contributed by atoms with Crippen LogP contribution in [0, 0.1) is 0 Å². The lowest BCUT2D eigenvalue weighted by Crippen LogP contribution is -2.36. The molecular formula is C28H35N3O4. The van der Waals surface area contributed by atoms with Crippen LogP contribution in [0.25, 0.3) is 11.3 Å². The van der Waals surface area contributed by atoms with E-state index in [0.717, 1.165) is 35.5 Å². The van der Waals surface area contributed by atoms with Gasteiger partial charge in [-0.2, -0.15) is 0 Å². The normalized spacial score (nSPS) is 14.0. The van der Waals surface area contributed by atoms with Crippen molar-refractivity contribution in [1.82, 2.24) is 10.1 Å². The Labute approximate surface area is 207 Å². The Bertz CT molecular complexity index is 1090. The molecule has 35 heavy (non-hydrogen) atoms. The summed E-state index contributed by atoms with van der Waals surface area (Å²) in [5.74, 6) is 1.16. The maximum absolute atomic E-state index is 13.7. The largest absolute Gasteiger partial charge is 0.496 e. The maximum atomic E-state index is 13.7. The Balaban J connectivity index is 1.72. The van der Waals surface area contributed by atoms with E-state index in [2.05, 4.69) is 17.1 Å². The zero-order valence-corrected chi connectivity index (χ0v) is 20.9. The van der Waals surface area contributed by atoms with Gasteiger partial charge in [-0.05, 0) is 25.0 Å². The van der Waals surface area contributed by atoms with E-state index in [4.69, 9.17) is 14.0 Å². The molecule has 0 N–H and O–H groups in total. The topological polar surface area (TPSA) is 68.0 Å². The summed E-state index contributed by atoms with van der Waals surface area (Å²) in [5.41, 5.74) is 3.15. The minimum absolute atomic E-state index is 0.119. The summed E-state index contributed by atoms with van der Waals surface area (Å²) in [6.45, 7) is 1.19. The number of amides is 1. The third kappa shape index (κ3) is 5.68. The van der Waals surface area contributed by atoms with Gasteiger partial charge in [0.15, 0.2) is 0 Å². The van der Waals surface area contributed by atoms with Crippen molar-refractivity contribution >= 4 is 11.8 Å². The Kier molecular flexibility index (Phi) is 8.42. The predicted molar refractivity (Wildman–Crippen MR) is 137 cm³/mol. The first-order chi connectivity index (χ1) is 17.1. The lowest BCUT2D eigenvalue weighted by Gasteiger charge is -2.32. The molecule has 0 saturated heterocycles. The monoisotopic (exact) mass is 477 g/mol. The van der Waals surface area contributed by atoms with Crippen LogP contribution in [0.2, 0.25) is 0 Å². The molecule has 1 saturated carbocycles. The first-order valence-corrected chi connectivity index (χ1v) is 12.3. The van der Waals surface area contributed by atoms with Crippen LogP contribution in [-0.4, -0.2) is 56.4 Å². The molecule has 7 nitrogen and oxygen atoms in total.